The maximum absolute atomic E-state index is 14.3. The first-order valence-electron chi connectivity index (χ1n) is 7.59. The van der Waals surface area contributed by atoms with Crippen molar-refractivity contribution in [1.29, 1.82) is 0 Å². The van der Waals surface area contributed by atoms with Gasteiger partial charge in [-0.2, -0.15) is 0 Å². The molecule has 3 heteroatoms. The minimum absolute atomic E-state index is 0.0248. The first kappa shape index (κ1) is 17.0. The van der Waals surface area contributed by atoms with Crippen LogP contribution in [0.4, 0.5) is 10.1 Å². The molecule has 0 heterocycles. The zero-order valence-corrected chi connectivity index (χ0v) is 13.8. The second-order valence-electron chi connectivity index (χ2n) is 6.39. The van der Waals surface area contributed by atoms with Crippen LogP contribution in [0.2, 0.25) is 0 Å². The molecule has 1 N–H and O–H groups in total. The van der Waals surface area contributed by atoms with Crippen molar-refractivity contribution in [3.8, 4) is 0 Å². The second kappa shape index (κ2) is 7.07. The Morgan fingerprint density at radius 1 is 1.25 bits per heavy atom. The van der Waals surface area contributed by atoms with Gasteiger partial charge in [0.15, 0.2) is 0 Å². The molecule has 0 amide bonds. The van der Waals surface area contributed by atoms with E-state index in [2.05, 4.69) is 51.8 Å². The van der Waals surface area contributed by atoms with Gasteiger partial charge in [-0.15, -0.1) is 0 Å². The number of nitrogens with one attached hydrogen (secondary N) is 1. The molecule has 1 atom stereocenters. The molecule has 0 aromatic heterocycles. The van der Waals surface area contributed by atoms with Crippen molar-refractivity contribution in [2.75, 3.05) is 11.4 Å². The van der Waals surface area contributed by atoms with Crippen molar-refractivity contribution in [3.63, 3.8) is 0 Å². The van der Waals surface area contributed by atoms with Crippen molar-refractivity contribution in [3.05, 3.63) is 29.6 Å². The molecule has 0 saturated carbocycles. The van der Waals surface area contributed by atoms with Gasteiger partial charge in [0.1, 0.15) is 5.82 Å². The molecular formula is C17H29FN2. The van der Waals surface area contributed by atoms with Crippen LogP contribution >= 0.6 is 0 Å². The van der Waals surface area contributed by atoms with E-state index >= 15 is 0 Å². The van der Waals surface area contributed by atoms with Crippen LogP contribution in [-0.2, 0) is 6.54 Å². The number of benzene rings is 1. The third-order valence-corrected chi connectivity index (χ3v) is 3.63. The summed E-state index contributed by atoms with van der Waals surface area (Å²) >= 11 is 0. The Morgan fingerprint density at radius 3 is 2.40 bits per heavy atom. The van der Waals surface area contributed by atoms with Crippen LogP contribution in [0.15, 0.2) is 18.2 Å². The van der Waals surface area contributed by atoms with Gasteiger partial charge in [0.05, 0.1) is 5.69 Å². The Labute approximate surface area is 123 Å². The first-order chi connectivity index (χ1) is 9.30. The number of rotatable bonds is 6. The third-order valence-electron chi connectivity index (χ3n) is 3.63. The predicted octanol–water partition coefficient (Wildman–Crippen LogP) is 4.34. The highest BCUT2D eigenvalue weighted by atomic mass is 19.1. The van der Waals surface area contributed by atoms with Crippen LogP contribution in [0.3, 0.4) is 0 Å². The van der Waals surface area contributed by atoms with Crippen molar-refractivity contribution in [2.45, 2.75) is 66.1 Å². The number of hydrogen-bond acceptors (Lipinski definition) is 2. The summed E-state index contributed by atoms with van der Waals surface area (Å²) < 4.78 is 14.3. The molecule has 0 bridgehead atoms. The average Bonchev–Trinajstić information content (AvgIpc) is 2.38. The molecule has 1 aromatic carbocycles. The minimum atomic E-state index is -0.125. The van der Waals surface area contributed by atoms with Crippen LogP contribution in [0.5, 0.6) is 0 Å². The van der Waals surface area contributed by atoms with Gasteiger partial charge in [-0.3, -0.25) is 0 Å². The van der Waals surface area contributed by atoms with Gasteiger partial charge in [-0.1, -0.05) is 19.1 Å². The second-order valence-corrected chi connectivity index (χ2v) is 6.39. The lowest BCUT2D eigenvalue weighted by molar-refractivity contribution is 0.423. The third kappa shape index (κ3) is 4.48. The van der Waals surface area contributed by atoms with Gasteiger partial charge in [0.2, 0.25) is 0 Å². The van der Waals surface area contributed by atoms with Crippen LogP contribution in [-0.4, -0.2) is 18.1 Å². The molecule has 0 fully saturated rings. The van der Waals surface area contributed by atoms with E-state index in [1.54, 1.807) is 12.1 Å². The summed E-state index contributed by atoms with van der Waals surface area (Å²) in [6.07, 6.45) is 1.01. The summed E-state index contributed by atoms with van der Waals surface area (Å²) in [7, 11) is 0. The standard InChI is InChI=1S/C17H29FN2/c1-7-13(3)20(8-2)16-14(10-9-11-15(16)18)12-19-17(4,5)6/h9-11,13,19H,7-8,12H2,1-6H3. The Hall–Kier alpha value is -1.09. The SMILES string of the molecule is CCC(C)N(CC)c1c(F)cccc1CNC(C)(C)C. The van der Waals surface area contributed by atoms with Crippen molar-refractivity contribution in [1.82, 2.24) is 5.32 Å². The van der Waals surface area contributed by atoms with E-state index in [0.717, 1.165) is 24.2 Å². The van der Waals surface area contributed by atoms with Crippen molar-refractivity contribution >= 4 is 5.69 Å². The number of anilines is 1. The fourth-order valence-electron chi connectivity index (χ4n) is 2.30. The Kier molecular flexibility index (Phi) is 6.00. The lowest BCUT2D eigenvalue weighted by Gasteiger charge is -2.32. The molecule has 1 rings (SSSR count). The van der Waals surface area contributed by atoms with Gasteiger partial charge >= 0.3 is 0 Å². The topological polar surface area (TPSA) is 15.3 Å². The van der Waals surface area contributed by atoms with Crippen LogP contribution < -0.4 is 10.2 Å². The summed E-state index contributed by atoms with van der Waals surface area (Å²) in [6, 6.07) is 5.71. The molecule has 20 heavy (non-hydrogen) atoms. The van der Waals surface area contributed by atoms with Crippen molar-refractivity contribution in [2.24, 2.45) is 0 Å². The smallest absolute Gasteiger partial charge is 0.146 e. The predicted molar refractivity (Wildman–Crippen MR) is 85.8 cm³/mol. The van der Waals surface area contributed by atoms with Crippen LogP contribution in [0.1, 0.15) is 53.5 Å². The van der Waals surface area contributed by atoms with Gasteiger partial charge < -0.3 is 10.2 Å². The number of hydrogen-bond donors (Lipinski definition) is 1. The molecule has 1 aromatic rings. The molecular weight excluding hydrogens is 251 g/mol. The molecule has 0 saturated heterocycles. The molecule has 0 aliphatic heterocycles. The number of para-hydroxylation sites is 1. The van der Waals surface area contributed by atoms with Crippen LogP contribution in [0, 0.1) is 5.82 Å². The van der Waals surface area contributed by atoms with Gasteiger partial charge in [0.25, 0.3) is 0 Å². The maximum Gasteiger partial charge on any atom is 0.146 e. The average molecular weight is 280 g/mol. The Balaban J connectivity index is 3.09. The molecule has 2 nitrogen and oxygen atoms in total. The highest BCUT2D eigenvalue weighted by Crippen LogP contribution is 2.27. The summed E-state index contributed by atoms with van der Waals surface area (Å²) in [6.45, 7) is 14.2. The van der Waals surface area contributed by atoms with E-state index < -0.39 is 0 Å². The zero-order valence-electron chi connectivity index (χ0n) is 13.8. The summed E-state index contributed by atoms with van der Waals surface area (Å²) in [5.41, 5.74) is 1.81. The fourth-order valence-corrected chi connectivity index (χ4v) is 2.30. The number of halogens is 1. The monoisotopic (exact) mass is 280 g/mol. The minimum Gasteiger partial charge on any atom is -0.366 e. The molecule has 0 spiro atoms. The van der Waals surface area contributed by atoms with Gasteiger partial charge in [-0.25, -0.2) is 4.39 Å². The van der Waals surface area contributed by atoms with E-state index in [4.69, 9.17) is 0 Å². The van der Waals surface area contributed by atoms with E-state index in [1.165, 1.54) is 0 Å². The molecule has 0 radical (unpaired) electrons. The summed E-state index contributed by atoms with van der Waals surface area (Å²) in [5.74, 6) is -0.125. The summed E-state index contributed by atoms with van der Waals surface area (Å²) in [4.78, 5) is 2.16. The van der Waals surface area contributed by atoms with Gasteiger partial charge in [0, 0.05) is 24.7 Å². The van der Waals surface area contributed by atoms with E-state index in [0.29, 0.717) is 12.6 Å². The lowest BCUT2D eigenvalue weighted by atomic mass is 10.1. The highest BCUT2D eigenvalue weighted by molar-refractivity contribution is 5.55. The Morgan fingerprint density at radius 2 is 1.90 bits per heavy atom. The largest absolute Gasteiger partial charge is 0.366 e. The highest BCUT2D eigenvalue weighted by Gasteiger charge is 2.19. The zero-order chi connectivity index (χ0) is 15.3. The number of nitrogens with zero attached hydrogens (tertiary/aromatic N) is 1. The normalized spacial score (nSPS) is 13.3. The summed E-state index contributed by atoms with van der Waals surface area (Å²) in [5, 5.41) is 3.45. The van der Waals surface area contributed by atoms with Crippen molar-refractivity contribution < 1.29 is 4.39 Å². The molecule has 1 unspecified atom stereocenters. The molecule has 0 aliphatic rings. The molecule has 0 aliphatic carbocycles. The maximum atomic E-state index is 14.3. The molecule has 114 valence electrons. The van der Waals surface area contributed by atoms with E-state index in [1.807, 2.05) is 6.07 Å². The fraction of sp³-hybridized carbons (Fsp3) is 0.647. The van der Waals surface area contributed by atoms with E-state index in [-0.39, 0.29) is 11.4 Å². The van der Waals surface area contributed by atoms with E-state index in [9.17, 15) is 4.39 Å². The Bertz CT molecular complexity index is 423. The van der Waals surface area contributed by atoms with Gasteiger partial charge in [-0.05, 0) is 52.7 Å². The van der Waals surface area contributed by atoms with Crippen LogP contribution in [0.25, 0.3) is 0 Å². The quantitative estimate of drug-likeness (QED) is 0.834. The lowest BCUT2D eigenvalue weighted by Crippen LogP contribution is -2.37. The first-order valence-corrected chi connectivity index (χ1v) is 7.59.